The van der Waals surface area contributed by atoms with Crippen LogP contribution < -0.4 is 11.1 Å². The van der Waals surface area contributed by atoms with E-state index >= 15 is 0 Å². The van der Waals surface area contributed by atoms with Gasteiger partial charge in [0, 0.05) is 13.0 Å². The van der Waals surface area contributed by atoms with E-state index in [-0.39, 0.29) is 24.5 Å². The number of rotatable bonds is 12. The van der Waals surface area contributed by atoms with Crippen molar-refractivity contribution in [1.82, 2.24) is 10.3 Å². The van der Waals surface area contributed by atoms with Gasteiger partial charge in [-0.05, 0) is 30.2 Å². The highest BCUT2D eigenvalue weighted by Crippen LogP contribution is 2.19. The number of benzene rings is 2. The predicted octanol–water partition coefficient (Wildman–Crippen LogP) is 3.68. The van der Waals surface area contributed by atoms with Gasteiger partial charge in [-0.2, -0.15) is 4.89 Å². The van der Waals surface area contributed by atoms with Crippen molar-refractivity contribution in [3.63, 3.8) is 0 Å². The largest absolute Gasteiger partial charge is 0.441 e. The lowest BCUT2D eigenvalue weighted by Crippen LogP contribution is -2.42. The molecular weight excluding hydrogens is 410 g/mol. The van der Waals surface area contributed by atoms with Gasteiger partial charge in [-0.3, -0.25) is 9.68 Å². The maximum absolute atomic E-state index is 12.2. The van der Waals surface area contributed by atoms with Crippen molar-refractivity contribution < 1.29 is 23.8 Å². The minimum absolute atomic E-state index is 0.154. The summed E-state index contributed by atoms with van der Waals surface area (Å²) in [6.07, 6.45) is 4.47. The normalized spacial score (nSPS) is 11.9. The molecule has 3 N–H and O–H groups in total. The Kier molecular flexibility index (Phi) is 8.77. The zero-order chi connectivity index (χ0) is 22.8. The number of unbranched alkanes of at least 4 members (excludes halogenated alkanes) is 3. The average Bonchev–Trinajstić information content (AvgIpc) is 3.20. The number of aromatic nitrogens is 1. The first kappa shape index (κ1) is 23.4. The second kappa shape index (κ2) is 12.0. The van der Waals surface area contributed by atoms with Crippen molar-refractivity contribution in [2.75, 3.05) is 6.54 Å². The molecule has 0 saturated heterocycles. The summed E-state index contributed by atoms with van der Waals surface area (Å²) in [5.41, 5.74) is 8.13. The lowest BCUT2D eigenvalue weighted by Gasteiger charge is -2.10. The Morgan fingerprint density at radius 2 is 1.94 bits per heavy atom. The lowest BCUT2D eigenvalue weighted by molar-refractivity contribution is -0.250. The molecule has 3 aromatic rings. The fraction of sp³-hybridized carbons (Fsp3) is 0.375. The maximum Gasteiger partial charge on any atom is 0.373 e. The summed E-state index contributed by atoms with van der Waals surface area (Å²) in [5.74, 6) is -0.533. The molecule has 0 unspecified atom stereocenters. The molecule has 8 heteroatoms. The molecule has 8 nitrogen and oxygen atoms in total. The molecule has 3 rings (SSSR count). The molecule has 0 saturated carbocycles. The Morgan fingerprint density at radius 3 is 2.72 bits per heavy atom. The molecule has 1 atom stereocenters. The Labute approximate surface area is 187 Å². The standard InChI is InChI=1S/C24H29N3O5/c1-2-3-4-8-13-26-23(28)19(25)15-22-27-20-14-18(11-12-21(20)31-22)24(29)32-30-16-17-9-6-5-7-10-17/h5-7,9-12,14,19H,2-4,8,13,15-16,25H2,1H3,(H,26,28)/t19-/m0/s1. The maximum atomic E-state index is 12.2. The first-order valence-corrected chi connectivity index (χ1v) is 10.9. The molecule has 0 aliphatic carbocycles. The quantitative estimate of drug-likeness (QED) is 0.251. The zero-order valence-corrected chi connectivity index (χ0v) is 18.2. The number of hydrogen-bond donors (Lipinski definition) is 2. The lowest BCUT2D eigenvalue weighted by atomic mass is 10.2. The van der Waals surface area contributed by atoms with Crippen LogP contribution in [0.3, 0.4) is 0 Å². The number of carbonyl (C=O) groups excluding carboxylic acids is 2. The van der Waals surface area contributed by atoms with E-state index in [0.29, 0.717) is 23.5 Å². The van der Waals surface area contributed by atoms with E-state index in [4.69, 9.17) is 19.9 Å². The molecule has 0 fully saturated rings. The molecule has 1 amide bonds. The number of nitrogens with two attached hydrogens (primary N) is 1. The van der Waals surface area contributed by atoms with Crippen LogP contribution in [0.5, 0.6) is 0 Å². The topological polar surface area (TPSA) is 117 Å². The van der Waals surface area contributed by atoms with Crippen molar-refractivity contribution in [3.05, 3.63) is 65.5 Å². The summed E-state index contributed by atoms with van der Waals surface area (Å²) in [7, 11) is 0. The van der Waals surface area contributed by atoms with Crippen LogP contribution in [0.1, 0.15) is 54.4 Å². The summed E-state index contributed by atoms with van der Waals surface area (Å²) >= 11 is 0. The number of carbonyl (C=O) groups is 2. The van der Waals surface area contributed by atoms with Gasteiger partial charge in [0.05, 0.1) is 11.6 Å². The molecule has 170 valence electrons. The van der Waals surface area contributed by atoms with Gasteiger partial charge in [0.15, 0.2) is 11.5 Å². The highest BCUT2D eigenvalue weighted by Gasteiger charge is 2.18. The highest BCUT2D eigenvalue weighted by atomic mass is 17.2. The monoisotopic (exact) mass is 439 g/mol. The van der Waals surface area contributed by atoms with E-state index in [1.165, 1.54) is 0 Å². The summed E-state index contributed by atoms with van der Waals surface area (Å²) < 4.78 is 5.67. The first-order valence-electron chi connectivity index (χ1n) is 10.9. The number of hydrogen-bond acceptors (Lipinski definition) is 7. The third-order valence-corrected chi connectivity index (χ3v) is 4.93. The second-order valence-corrected chi connectivity index (χ2v) is 7.57. The average molecular weight is 440 g/mol. The fourth-order valence-electron chi connectivity index (χ4n) is 3.14. The van der Waals surface area contributed by atoms with Gasteiger partial charge in [0.25, 0.3) is 0 Å². The number of oxazole rings is 1. The molecular formula is C24H29N3O5. The van der Waals surface area contributed by atoms with Gasteiger partial charge in [0.1, 0.15) is 12.1 Å². The third-order valence-electron chi connectivity index (χ3n) is 4.93. The van der Waals surface area contributed by atoms with Crippen molar-refractivity contribution in [2.45, 2.75) is 51.7 Å². The number of fused-ring (bicyclic) bond motifs is 1. The smallest absolute Gasteiger partial charge is 0.373 e. The predicted molar refractivity (Wildman–Crippen MR) is 119 cm³/mol. The van der Waals surface area contributed by atoms with Gasteiger partial charge in [-0.25, -0.2) is 9.78 Å². The van der Waals surface area contributed by atoms with Crippen molar-refractivity contribution in [3.8, 4) is 0 Å². The van der Waals surface area contributed by atoms with Gasteiger partial charge < -0.3 is 15.5 Å². The summed E-state index contributed by atoms with van der Waals surface area (Å²) in [6.45, 7) is 2.90. The Hall–Kier alpha value is -3.23. The van der Waals surface area contributed by atoms with Gasteiger partial charge in [0.2, 0.25) is 5.91 Å². The van der Waals surface area contributed by atoms with Crippen LogP contribution in [-0.4, -0.2) is 29.4 Å². The molecule has 1 heterocycles. The highest BCUT2D eigenvalue weighted by molar-refractivity contribution is 5.92. The summed E-state index contributed by atoms with van der Waals surface area (Å²) in [5, 5.41) is 2.84. The Balaban J connectivity index is 1.51. The molecule has 0 radical (unpaired) electrons. The SMILES string of the molecule is CCCCCCNC(=O)[C@@H](N)Cc1nc2cc(C(=O)OOCc3ccccc3)ccc2o1. The van der Waals surface area contributed by atoms with Crippen LogP contribution in [0.15, 0.2) is 52.9 Å². The molecule has 0 bridgehead atoms. The van der Waals surface area contributed by atoms with Crippen molar-refractivity contribution in [2.24, 2.45) is 5.73 Å². The minimum Gasteiger partial charge on any atom is -0.441 e. The van der Waals surface area contributed by atoms with Crippen LogP contribution in [0, 0.1) is 0 Å². The van der Waals surface area contributed by atoms with E-state index in [1.807, 2.05) is 30.3 Å². The van der Waals surface area contributed by atoms with E-state index < -0.39 is 12.0 Å². The van der Waals surface area contributed by atoms with Gasteiger partial charge in [-0.1, -0.05) is 56.5 Å². The number of amides is 1. The van der Waals surface area contributed by atoms with Crippen LogP contribution in [-0.2, 0) is 27.6 Å². The fourth-order valence-corrected chi connectivity index (χ4v) is 3.14. The van der Waals surface area contributed by atoms with Crippen LogP contribution >= 0.6 is 0 Å². The summed E-state index contributed by atoms with van der Waals surface area (Å²) in [6, 6.07) is 13.4. The second-order valence-electron chi connectivity index (χ2n) is 7.57. The first-order chi connectivity index (χ1) is 15.6. The van der Waals surface area contributed by atoms with Crippen LogP contribution in [0.4, 0.5) is 0 Å². The summed E-state index contributed by atoms with van der Waals surface area (Å²) in [4.78, 5) is 38.7. The van der Waals surface area contributed by atoms with E-state index in [1.54, 1.807) is 18.2 Å². The van der Waals surface area contributed by atoms with E-state index in [9.17, 15) is 9.59 Å². The molecule has 32 heavy (non-hydrogen) atoms. The number of nitrogens with zero attached hydrogens (tertiary/aromatic N) is 1. The molecule has 1 aromatic heterocycles. The molecule has 0 aliphatic heterocycles. The van der Waals surface area contributed by atoms with Crippen LogP contribution in [0.25, 0.3) is 11.1 Å². The number of nitrogens with one attached hydrogen (secondary N) is 1. The Bertz CT molecular complexity index is 1020. The molecule has 2 aromatic carbocycles. The zero-order valence-electron chi connectivity index (χ0n) is 18.2. The van der Waals surface area contributed by atoms with Gasteiger partial charge >= 0.3 is 5.97 Å². The Morgan fingerprint density at radius 1 is 1.12 bits per heavy atom. The molecule has 0 aliphatic rings. The van der Waals surface area contributed by atoms with Crippen molar-refractivity contribution in [1.29, 1.82) is 0 Å². The van der Waals surface area contributed by atoms with Crippen LogP contribution in [0.2, 0.25) is 0 Å². The van der Waals surface area contributed by atoms with E-state index in [2.05, 4.69) is 17.2 Å². The molecule has 0 spiro atoms. The van der Waals surface area contributed by atoms with Crippen molar-refractivity contribution >= 4 is 23.0 Å². The third kappa shape index (κ3) is 6.90. The van der Waals surface area contributed by atoms with Gasteiger partial charge in [-0.15, -0.1) is 0 Å². The van der Waals surface area contributed by atoms with E-state index in [0.717, 1.165) is 31.2 Å². The minimum atomic E-state index is -0.759.